The maximum atomic E-state index is 12.1. The maximum absolute atomic E-state index is 12.1. The van der Waals surface area contributed by atoms with Gasteiger partial charge in [0.1, 0.15) is 0 Å². The summed E-state index contributed by atoms with van der Waals surface area (Å²) in [5.41, 5.74) is 1.49. The van der Waals surface area contributed by atoms with Crippen molar-refractivity contribution in [3.05, 3.63) is 51.4 Å². The van der Waals surface area contributed by atoms with Crippen LogP contribution >= 0.6 is 34.4 Å². The summed E-state index contributed by atoms with van der Waals surface area (Å²) in [4.78, 5) is 20.5. The number of ketones is 1. The molecule has 0 aliphatic heterocycles. The Bertz CT molecular complexity index is 574. The third-order valence-electron chi connectivity index (χ3n) is 2.36. The Labute approximate surface area is 124 Å². The molecule has 18 heavy (non-hydrogen) atoms. The van der Waals surface area contributed by atoms with Crippen molar-refractivity contribution in [3.63, 3.8) is 0 Å². The van der Waals surface area contributed by atoms with Crippen LogP contribution in [0, 0.1) is 3.57 Å². The van der Waals surface area contributed by atoms with Crippen molar-refractivity contribution in [2.75, 3.05) is 6.26 Å². The third kappa shape index (κ3) is 3.52. The van der Waals surface area contributed by atoms with E-state index in [1.165, 1.54) is 11.8 Å². The Kier molecular flexibility index (Phi) is 4.71. The van der Waals surface area contributed by atoms with Gasteiger partial charge in [-0.3, -0.25) is 4.79 Å². The van der Waals surface area contributed by atoms with E-state index in [-0.39, 0.29) is 5.78 Å². The minimum Gasteiger partial charge on any atom is -0.294 e. The van der Waals surface area contributed by atoms with E-state index in [2.05, 4.69) is 32.6 Å². The molecule has 5 heteroatoms. The molecule has 0 saturated heterocycles. The van der Waals surface area contributed by atoms with Crippen LogP contribution in [0.5, 0.6) is 0 Å². The number of benzene rings is 1. The normalized spacial score (nSPS) is 10.3. The van der Waals surface area contributed by atoms with Crippen LogP contribution in [-0.4, -0.2) is 22.0 Å². The van der Waals surface area contributed by atoms with E-state index in [0.29, 0.717) is 11.6 Å². The molecule has 0 spiro atoms. The number of carbonyl (C=O) groups excluding carboxylic acids is 1. The van der Waals surface area contributed by atoms with Gasteiger partial charge >= 0.3 is 0 Å². The van der Waals surface area contributed by atoms with Crippen LogP contribution in [0.3, 0.4) is 0 Å². The summed E-state index contributed by atoms with van der Waals surface area (Å²) in [6.45, 7) is 0. The summed E-state index contributed by atoms with van der Waals surface area (Å²) >= 11 is 3.67. The van der Waals surface area contributed by atoms with Crippen LogP contribution in [0.15, 0.2) is 41.7 Å². The van der Waals surface area contributed by atoms with Gasteiger partial charge in [0.2, 0.25) is 0 Å². The van der Waals surface area contributed by atoms with Gasteiger partial charge in [0.05, 0.1) is 12.1 Å². The molecular weight excluding hydrogens is 359 g/mol. The Morgan fingerprint density at radius 1 is 1.39 bits per heavy atom. The lowest BCUT2D eigenvalue weighted by Crippen LogP contribution is -2.06. The zero-order valence-electron chi connectivity index (χ0n) is 9.76. The lowest BCUT2D eigenvalue weighted by atomic mass is 10.1. The minimum atomic E-state index is 0.0827. The Morgan fingerprint density at radius 3 is 2.94 bits per heavy atom. The molecule has 0 unspecified atom stereocenters. The summed E-state index contributed by atoms with van der Waals surface area (Å²) in [7, 11) is 0. The highest BCUT2D eigenvalue weighted by Gasteiger charge is 2.09. The Balaban J connectivity index is 2.16. The molecule has 0 aliphatic rings. The third-order valence-corrected chi connectivity index (χ3v) is 3.59. The van der Waals surface area contributed by atoms with Gasteiger partial charge in [-0.05, 0) is 47.0 Å². The average molecular weight is 370 g/mol. The standard InChI is InChI=1S/C13H11IN2OS/c1-18-13-15-6-5-11(16-13)8-12(17)9-3-2-4-10(14)7-9/h2-7H,8H2,1H3. The van der Waals surface area contributed by atoms with Crippen LogP contribution in [0.4, 0.5) is 0 Å². The molecule has 0 aliphatic carbocycles. The summed E-state index contributed by atoms with van der Waals surface area (Å²) < 4.78 is 1.06. The van der Waals surface area contributed by atoms with Gasteiger partial charge in [0, 0.05) is 15.3 Å². The summed E-state index contributed by atoms with van der Waals surface area (Å²) in [5, 5.41) is 0.697. The first-order chi connectivity index (χ1) is 8.69. The van der Waals surface area contributed by atoms with E-state index in [1.807, 2.05) is 30.5 Å². The lowest BCUT2D eigenvalue weighted by Gasteiger charge is -2.02. The number of hydrogen-bond acceptors (Lipinski definition) is 4. The SMILES string of the molecule is CSc1nccc(CC(=O)c2cccc(I)c2)n1. The molecule has 0 amide bonds. The van der Waals surface area contributed by atoms with Crippen molar-refractivity contribution in [3.8, 4) is 0 Å². The van der Waals surface area contributed by atoms with Crippen molar-refractivity contribution in [1.29, 1.82) is 0 Å². The van der Waals surface area contributed by atoms with Gasteiger partial charge in [0.25, 0.3) is 0 Å². The number of aromatic nitrogens is 2. The van der Waals surface area contributed by atoms with Crippen LogP contribution in [0.1, 0.15) is 16.1 Å². The van der Waals surface area contributed by atoms with E-state index in [9.17, 15) is 4.79 Å². The van der Waals surface area contributed by atoms with Crippen LogP contribution in [0.25, 0.3) is 0 Å². The molecule has 0 fully saturated rings. The van der Waals surface area contributed by atoms with E-state index < -0.39 is 0 Å². The largest absolute Gasteiger partial charge is 0.294 e. The molecule has 2 aromatic rings. The fourth-order valence-corrected chi connectivity index (χ4v) is 2.42. The topological polar surface area (TPSA) is 42.9 Å². The highest BCUT2D eigenvalue weighted by atomic mass is 127. The zero-order chi connectivity index (χ0) is 13.0. The maximum Gasteiger partial charge on any atom is 0.187 e. The summed E-state index contributed by atoms with van der Waals surface area (Å²) in [6.07, 6.45) is 3.92. The molecule has 0 radical (unpaired) electrons. The average Bonchev–Trinajstić information content (AvgIpc) is 2.39. The lowest BCUT2D eigenvalue weighted by molar-refractivity contribution is 0.0991. The van der Waals surface area contributed by atoms with Crippen molar-refractivity contribution in [2.24, 2.45) is 0 Å². The molecule has 1 aromatic carbocycles. The monoisotopic (exact) mass is 370 g/mol. The van der Waals surface area contributed by atoms with Crippen molar-refractivity contribution >= 4 is 40.1 Å². The van der Waals surface area contributed by atoms with Crippen molar-refractivity contribution in [1.82, 2.24) is 9.97 Å². The Hall–Kier alpha value is -0.950. The molecule has 3 nitrogen and oxygen atoms in total. The molecule has 2 rings (SSSR count). The first-order valence-electron chi connectivity index (χ1n) is 5.33. The van der Waals surface area contributed by atoms with Gasteiger partial charge in [-0.15, -0.1) is 0 Å². The zero-order valence-corrected chi connectivity index (χ0v) is 12.7. The number of carbonyl (C=O) groups is 1. The molecule has 1 heterocycles. The highest BCUT2D eigenvalue weighted by Crippen LogP contribution is 2.12. The number of nitrogens with zero attached hydrogens (tertiary/aromatic N) is 2. The predicted octanol–water partition coefficient (Wildman–Crippen LogP) is 3.23. The molecule has 1 aromatic heterocycles. The fourth-order valence-electron chi connectivity index (χ4n) is 1.50. The van der Waals surface area contributed by atoms with Gasteiger partial charge in [0.15, 0.2) is 10.9 Å². The van der Waals surface area contributed by atoms with Gasteiger partial charge < -0.3 is 0 Å². The van der Waals surface area contributed by atoms with E-state index in [0.717, 1.165) is 14.8 Å². The number of thioether (sulfide) groups is 1. The number of hydrogen-bond donors (Lipinski definition) is 0. The minimum absolute atomic E-state index is 0.0827. The smallest absolute Gasteiger partial charge is 0.187 e. The molecular formula is C13H11IN2OS. The van der Waals surface area contributed by atoms with E-state index in [4.69, 9.17) is 0 Å². The molecule has 0 saturated carbocycles. The second-order valence-electron chi connectivity index (χ2n) is 3.64. The molecule has 0 atom stereocenters. The first-order valence-corrected chi connectivity index (χ1v) is 7.64. The molecule has 92 valence electrons. The fraction of sp³-hybridized carbons (Fsp3) is 0.154. The first kappa shape index (κ1) is 13.5. The quantitative estimate of drug-likeness (QED) is 0.359. The van der Waals surface area contributed by atoms with Crippen LogP contribution in [-0.2, 0) is 6.42 Å². The van der Waals surface area contributed by atoms with Crippen LogP contribution in [0.2, 0.25) is 0 Å². The van der Waals surface area contributed by atoms with Gasteiger partial charge in [-0.25, -0.2) is 9.97 Å². The summed E-state index contributed by atoms with van der Waals surface area (Å²) in [5.74, 6) is 0.0827. The van der Waals surface area contributed by atoms with E-state index >= 15 is 0 Å². The van der Waals surface area contributed by atoms with Crippen molar-refractivity contribution in [2.45, 2.75) is 11.6 Å². The number of rotatable bonds is 4. The van der Waals surface area contributed by atoms with Gasteiger partial charge in [-0.1, -0.05) is 23.9 Å². The highest BCUT2D eigenvalue weighted by molar-refractivity contribution is 14.1. The van der Waals surface area contributed by atoms with Crippen molar-refractivity contribution < 1.29 is 4.79 Å². The second kappa shape index (κ2) is 6.29. The predicted molar refractivity (Wildman–Crippen MR) is 81.0 cm³/mol. The molecule has 0 N–H and O–H groups in total. The van der Waals surface area contributed by atoms with E-state index in [1.54, 1.807) is 12.3 Å². The van der Waals surface area contributed by atoms with Crippen LogP contribution < -0.4 is 0 Å². The second-order valence-corrected chi connectivity index (χ2v) is 5.66. The van der Waals surface area contributed by atoms with Gasteiger partial charge in [-0.2, -0.15) is 0 Å². The number of halogens is 1. The Morgan fingerprint density at radius 2 is 2.22 bits per heavy atom. The summed E-state index contributed by atoms with van der Waals surface area (Å²) in [6, 6.07) is 9.36. The molecule has 0 bridgehead atoms. The number of Topliss-reactive ketones (excluding diaryl/α,β-unsaturated/α-hetero) is 1.